The number of anilines is 1. The van der Waals surface area contributed by atoms with Crippen molar-refractivity contribution in [3.8, 4) is 34.3 Å². The largest absolute Gasteiger partial charge is 0.492 e. The lowest BCUT2D eigenvalue weighted by Gasteiger charge is -2.31. The van der Waals surface area contributed by atoms with Gasteiger partial charge in [-0.2, -0.15) is 5.26 Å². The molecule has 0 spiro atoms. The van der Waals surface area contributed by atoms with E-state index in [4.69, 9.17) is 9.72 Å². The number of carbonyl (C=O) groups is 1. The van der Waals surface area contributed by atoms with Crippen LogP contribution in [0.5, 0.6) is 5.75 Å². The van der Waals surface area contributed by atoms with E-state index in [1.54, 1.807) is 6.33 Å². The van der Waals surface area contributed by atoms with Gasteiger partial charge in [-0.25, -0.2) is 4.98 Å². The van der Waals surface area contributed by atoms with Crippen molar-refractivity contribution in [3.63, 3.8) is 0 Å². The number of rotatable bonds is 7. The van der Waals surface area contributed by atoms with Crippen LogP contribution in [0, 0.1) is 17.2 Å². The van der Waals surface area contributed by atoms with Gasteiger partial charge >= 0.3 is 0 Å². The number of aryl methyl sites for hydroxylation is 1. The Hall–Kier alpha value is -4.55. The number of hydrogen-bond acceptors (Lipinski definition) is 7. The second-order valence-corrected chi connectivity index (χ2v) is 13.7. The fourth-order valence-corrected chi connectivity index (χ4v) is 6.75. The van der Waals surface area contributed by atoms with Gasteiger partial charge in [0.1, 0.15) is 17.9 Å². The van der Waals surface area contributed by atoms with Gasteiger partial charge in [0.05, 0.1) is 23.8 Å². The summed E-state index contributed by atoms with van der Waals surface area (Å²) < 4.78 is 8.02. The first kappa shape index (κ1) is 29.2. The molecule has 1 amide bonds. The van der Waals surface area contributed by atoms with Crippen LogP contribution in [0.4, 0.5) is 5.82 Å². The molecule has 230 valence electrons. The fraction of sp³-hybridized carbons (Fsp3) is 0.417. The van der Waals surface area contributed by atoms with E-state index in [0.717, 1.165) is 66.0 Å². The number of nitriles is 1. The van der Waals surface area contributed by atoms with E-state index in [-0.39, 0.29) is 11.3 Å². The molecule has 45 heavy (non-hydrogen) atoms. The fourth-order valence-electron chi connectivity index (χ4n) is 6.75. The maximum absolute atomic E-state index is 14.1. The van der Waals surface area contributed by atoms with Gasteiger partial charge in [-0.05, 0) is 85.2 Å². The van der Waals surface area contributed by atoms with E-state index >= 15 is 0 Å². The van der Waals surface area contributed by atoms with Crippen molar-refractivity contribution in [2.45, 2.75) is 64.3 Å². The minimum Gasteiger partial charge on any atom is -0.492 e. The highest BCUT2D eigenvalue weighted by Crippen LogP contribution is 2.44. The van der Waals surface area contributed by atoms with E-state index in [2.05, 4.69) is 59.4 Å². The summed E-state index contributed by atoms with van der Waals surface area (Å²) in [5, 5.41) is 21.2. The predicted molar refractivity (Wildman–Crippen MR) is 173 cm³/mol. The molecule has 9 nitrogen and oxygen atoms in total. The zero-order valence-corrected chi connectivity index (χ0v) is 26.4. The number of aromatic nitrogens is 4. The van der Waals surface area contributed by atoms with Crippen molar-refractivity contribution in [2.75, 3.05) is 25.0 Å². The summed E-state index contributed by atoms with van der Waals surface area (Å²) in [7, 11) is 1.88. The Balaban J connectivity index is 1.26. The second kappa shape index (κ2) is 11.4. The van der Waals surface area contributed by atoms with Crippen molar-refractivity contribution >= 4 is 11.7 Å². The number of carbonyl (C=O) groups excluding carboxylic acids is 1. The maximum Gasteiger partial charge on any atom is 0.260 e. The van der Waals surface area contributed by atoms with Gasteiger partial charge in [0.25, 0.3) is 5.91 Å². The highest BCUT2D eigenvalue weighted by Gasteiger charge is 2.36. The van der Waals surface area contributed by atoms with Gasteiger partial charge in [-0.15, -0.1) is 10.2 Å². The first-order valence-electron chi connectivity index (χ1n) is 15.9. The standard InChI is InChI=1S/C36H39N7O2/c1-22-6-5-11-43(18-22)19-24-13-29(33-30(14-24)36(2,3)20-45-33)35(44)40-32-16-26(15-31(39-32)25-8-9-25)27-10-7-23(17-37)12-28(27)34-41-38-21-42(34)4/h7,10,12-16,21-22,25H,5-6,8-9,11,18-20H2,1-4H3,(H,39,40,44)/t22-/m0/s1. The first-order valence-corrected chi connectivity index (χ1v) is 15.9. The van der Waals surface area contributed by atoms with Crippen LogP contribution in [-0.2, 0) is 19.0 Å². The highest BCUT2D eigenvalue weighted by atomic mass is 16.5. The summed E-state index contributed by atoms with van der Waals surface area (Å²) in [6.07, 6.45) is 6.26. The molecule has 1 N–H and O–H groups in total. The number of nitrogens with one attached hydrogen (secondary N) is 1. The van der Waals surface area contributed by atoms with Gasteiger partial charge in [0.15, 0.2) is 5.82 Å². The summed E-state index contributed by atoms with van der Waals surface area (Å²) in [4.78, 5) is 21.5. The molecule has 0 radical (unpaired) electrons. The number of hydrogen-bond donors (Lipinski definition) is 1. The van der Waals surface area contributed by atoms with Crippen LogP contribution in [0.3, 0.4) is 0 Å². The average Bonchev–Trinajstić information content (AvgIpc) is 3.72. The number of benzene rings is 2. The minimum atomic E-state index is -0.224. The molecule has 2 fully saturated rings. The van der Waals surface area contributed by atoms with Crippen LogP contribution in [0.15, 0.2) is 48.8 Å². The van der Waals surface area contributed by atoms with Crippen LogP contribution in [0.2, 0.25) is 0 Å². The molecule has 3 aliphatic rings. The Morgan fingerprint density at radius 2 is 1.98 bits per heavy atom. The van der Waals surface area contributed by atoms with Crippen molar-refractivity contribution in [3.05, 3.63) is 76.7 Å². The molecule has 1 aliphatic carbocycles. The molecule has 0 bridgehead atoms. The van der Waals surface area contributed by atoms with Gasteiger partial charge in [-0.3, -0.25) is 9.69 Å². The Kier molecular flexibility index (Phi) is 7.41. The van der Waals surface area contributed by atoms with Crippen LogP contribution >= 0.6 is 0 Å². The third-order valence-electron chi connectivity index (χ3n) is 9.34. The zero-order valence-electron chi connectivity index (χ0n) is 26.4. The quantitative estimate of drug-likeness (QED) is 0.259. The molecule has 2 aliphatic heterocycles. The topological polar surface area (TPSA) is 109 Å². The first-order chi connectivity index (χ1) is 21.7. The van der Waals surface area contributed by atoms with E-state index in [1.165, 1.54) is 12.8 Å². The Morgan fingerprint density at radius 3 is 2.71 bits per heavy atom. The Labute approximate surface area is 264 Å². The lowest BCUT2D eigenvalue weighted by atomic mass is 9.84. The van der Waals surface area contributed by atoms with E-state index in [1.807, 2.05) is 41.9 Å². The summed E-state index contributed by atoms with van der Waals surface area (Å²) in [5.74, 6) is 2.64. The van der Waals surface area contributed by atoms with E-state index in [0.29, 0.717) is 47.0 Å². The number of amides is 1. The second-order valence-electron chi connectivity index (χ2n) is 13.7. The molecule has 1 atom stereocenters. The molecule has 9 heteroatoms. The summed E-state index contributed by atoms with van der Waals surface area (Å²) in [5.41, 5.74) is 6.68. The third kappa shape index (κ3) is 5.83. The number of pyridine rings is 1. The summed E-state index contributed by atoms with van der Waals surface area (Å²) >= 11 is 0. The Bertz CT molecular complexity index is 1830. The molecule has 4 aromatic rings. The van der Waals surface area contributed by atoms with Crippen LogP contribution in [0.1, 0.15) is 85.1 Å². The number of fused-ring (bicyclic) bond motifs is 1. The SMILES string of the molecule is C[C@H]1CCCN(Cc2cc(C(=O)Nc3cc(-c4ccc(C#N)cc4-c4nncn4C)cc(C4CC4)n3)c3c(c2)C(C)(C)CO3)C1. The van der Waals surface area contributed by atoms with E-state index < -0.39 is 0 Å². The molecule has 1 saturated heterocycles. The van der Waals surface area contributed by atoms with Gasteiger partial charge in [0, 0.05) is 48.3 Å². The van der Waals surface area contributed by atoms with Gasteiger partial charge in [0.2, 0.25) is 0 Å². The molecule has 4 heterocycles. The normalized spacial score (nSPS) is 19.0. The number of ether oxygens (including phenoxy) is 1. The van der Waals surface area contributed by atoms with Crippen molar-refractivity contribution < 1.29 is 9.53 Å². The third-order valence-corrected chi connectivity index (χ3v) is 9.34. The molecule has 2 aromatic carbocycles. The van der Waals surface area contributed by atoms with Gasteiger partial charge in [-0.1, -0.05) is 32.9 Å². The highest BCUT2D eigenvalue weighted by molar-refractivity contribution is 6.06. The minimum absolute atomic E-state index is 0.182. The molecule has 1 saturated carbocycles. The molecular formula is C36H39N7O2. The lowest BCUT2D eigenvalue weighted by Crippen LogP contribution is -2.33. The average molecular weight is 602 g/mol. The maximum atomic E-state index is 14.1. The molecule has 0 unspecified atom stereocenters. The van der Waals surface area contributed by atoms with Crippen molar-refractivity contribution in [2.24, 2.45) is 13.0 Å². The molecular weight excluding hydrogens is 562 g/mol. The number of likely N-dealkylation sites (tertiary alicyclic amines) is 1. The Morgan fingerprint density at radius 1 is 1.13 bits per heavy atom. The van der Waals surface area contributed by atoms with Crippen molar-refractivity contribution in [1.82, 2.24) is 24.6 Å². The monoisotopic (exact) mass is 601 g/mol. The van der Waals surface area contributed by atoms with Gasteiger partial charge < -0.3 is 14.6 Å². The van der Waals surface area contributed by atoms with Crippen LogP contribution in [-0.4, -0.2) is 50.3 Å². The van der Waals surface area contributed by atoms with Crippen molar-refractivity contribution in [1.29, 1.82) is 5.26 Å². The smallest absolute Gasteiger partial charge is 0.260 e. The zero-order chi connectivity index (χ0) is 31.3. The molecule has 7 rings (SSSR count). The van der Waals surface area contributed by atoms with E-state index in [9.17, 15) is 10.1 Å². The predicted octanol–water partition coefficient (Wildman–Crippen LogP) is 6.45. The number of piperidine rings is 1. The van der Waals surface area contributed by atoms with Crippen LogP contribution < -0.4 is 10.1 Å². The number of nitrogens with zero attached hydrogens (tertiary/aromatic N) is 6. The summed E-state index contributed by atoms with van der Waals surface area (Å²) in [6, 6.07) is 16.1. The molecule has 2 aromatic heterocycles. The summed E-state index contributed by atoms with van der Waals surface area (Å²) in [6.45, 7) is 10.2. The lowest BCUT2D eigenvalue weighted by molar-refractivity contribution is 0.102. The van der Waals surface area contributed by atoms with Crippen LogP contribution in [0.25, 0.3) is 22.5 Å².